The smallest absolute Gasteiger partial charge is 0.160 e. The first-order valence-corrected chi connectivity index (χ1v) is 7.22. The van der Waals surface area contributed by atoms with Crippen LogP contribution in [-0.4, -0.2) is 14.9 Å². The lowest BCUT2D eigenvalue weighted by molar-refractivity contribution is 0.336. The zero-order valence-electron chi connectivity index (χ0n) is 12.6. The molecule has 18 heavy (non-hydrogen) atoms. The van der Waals surface area contributed by atoms with E-state index in [2.05, 4.69) is 39.7 Å². The van der Waals surface area contributed by atoms with Crippen LogP contribution in [0.25, 0.3) is 0 Å². The fourth-order valence-corrected chi connectivity index (χ4v) is 2.13. The molecule has 0 saturated heterocycles. The topological polar surface area (TPSA) is 38.0 Å². The van der Waals surface area contributed by atoms with Gasteiger partial charge in [-0.3, -0.25) is 4.68 Å². The molecule has 1 N–H and O–H groups in total. The maximum Gasteiger partial charge on any atom is 0.160 e. The minimum absolute atomic E-state index is 0.0645. The lowest BCUT2D eigenvalue weighted by Crippen LogP contribution is -2.25. The summed E-state index contributed by atoms with van der Waals surface area (Å²) in [7, 11) is 0. The van der Waals surface area contributed by atoms with Gasteiger partial charge in [0, 0.05) is 0 Å². The highest BCUT2D eigenvalue weighted by Gasteiger charge is 2.23. The molecule has 0 aliphatic carbocycles. The van der Waals surface area contributed by atoms with Crippen molar-refractivity contribution >= 4 is 0 Å². The molecule has 3 nitrogen and oxygen atoms in total. The lowest BCUT2D eigenvalue weighted by atomic mass is 10.1. The van der Waals surface area contributed by atoms with Crippen LogP contribution in [-0.2, 0) is 18.4 Å². The monoisotopic (exact) mass is 252 g/mol. The number of hydrogen-bond donors (Lipinski definition) is 1. The summed E-state index contributed by atoms with van der Waals surface area (Å²) in [5, 5.41) is 15.0. The predicted octanol–water partition coefficient (Wildman–Crippen LogP) is 4.03. The molecule has 1 rings (SSSR count). The SMILES string of the molecule is CCCCc1nn(C(C)(C)C)c(CCCC)c1O. The third-order valence-electron chi connectivity index (χ3n) is 3.19. The van der Waals surface area contributed by atoms with Crippen molar-refractivity contribution in [2.24, 2.45) is 0 Å². The maximum atomic E-state index is 10.3. The molecule has 1 heterocycles. The second-order valence-electron chi connectivity index (χ2n) is 6.03. The van der Waals surface area contributed by atoms with Gasteiger partial charge in [0.1, 0.15) is 5.69 Å². The lowest BCUT2D eigenvalue weighted by Gasteiger charge is -2.22. The van der Waals surface area contributed by atoms with Crippen LogP contribution in [0.15, 0.2) is 0 Å². The molecule has 0 radical (unpaired) electrons. The summed E-state index contributed by atoms with van der Waals surface area (Å²) < 4.78 is 2.02. The van der Waals surface area contributed by atoms with Crippen LogP contribution in [0.1, 0.15) is 71.7 Å². The van der Waals surface area contributed by atoms with E-state index in [1.54, 1.807) is 0 Å². The van der Waals surface area contributed by atoms with Gasteiger partial charge in [0.2, 0.25) is 0 Å². The number of hydrogen-bond acceptors (Lipinski definition) is 2. The van der Waals surface area contributed by atoms with Gasteiger partial charge in [-0.05, 0) is 46.5 Å². The molecule has 0 atom stereocenters. The van der Waals surface area contributed by atoms with Gasteiger partial charge in [0.05, 0.1) is 11.2 Å². The van der Waals surface area contributed by atoms with E-state index in [1.165, 1.54) is 0 Å². The van der Waals surface area contributed by atoms with Crippen LogP contribution < -0.4 is 0 Å². The molecule has 0 spiro atoms. The summed E-state index contributed by atoms with van der Waals surface area (Å²) in [5.41, 5.74) is 1.82. The van der Waals surface area contributed by atoms with Gasteiger partial charge in [-0.2, -0.15) is 5.10 Å². The Bertz CT molecular complexity index is 375. The molecule has 1 aromatic rings. The van der Waals surface area contributed by atoms with Gasteiger partial charge in [-0.1, -0.05) is 26.7 Å². The molecule has 0 bridgehead atoms. The van der Waals surface area contributed by atoms with Gasteiger partial charge in [-0.25, -0.2) is 0 Å². The second-order valence-corrected chi connectivity index (χ2v) is 6.03. The fraction of sp³-hybridized carbons (Fsp3) is 0.800. The van der Waals surface area contributed by atoms with E-state index in [1.807, 2.05) is 4.68 Å². The Labute approximate surface area is 111 Å². The van der Waals surface area contributed by atoms with Crippen LogP contribution in [0.3, 0.4) is 0 Å². The van der Waals surface area contributed by atoms with Crippen molar-refractivity contribution in [3.63, 3.8) is 0 Å². The first kappa shape index (κ1) is 15.1. The Kier molecular flexibility index (Phi) is 5.24. The molecule has 3 heteroatoms. The normalized spacial score (nSPS) is 12.1. The second kappa shape index (κ2) is 6.26. The largest absolute Gasteiger partial charge is 0.504 e. The number of unbranched alkanes of at least 4 members (excludes halogenated alkanes) is 2. The van der Waals surface area contributed by atoms with E-state index >= 15 is 0 Å². The van der Waals surface area contributed by atoms with Gasteiger partial charge in [-0.15, -0.1) is 0 Å². The van der Waals surface area contributed by atoms with Gasteiger partial charge >= 0.3 is 0 Å². The fourth-order valence-electron chi connectivity index (χ4n) is 2.13. The minimum atomic E-state index is -0.0645. The molecule has 0 aromatic carbocycles. The molecular formula is C15H28N2O. The van der Waals surface area contributed by atoms with Crippen LogP contribution in [0.5, 0.6) is 5.75 Å². The summed E-state index contributed by atoms with van der Waals surface area (Å²) in [6.45, 7) is 10.7. The average Bonchev–Trinajstić information content (AvgIpc) is 2.61. The van der Waals surface area contributed by atoms with E-state index in [4.69, 9.17) is 0 Å². The first-order chi connectivity index (χ1) is 8.41. The number of rotatable bonds is 6. The van der Waals surface area contributed by atoms with E-state index in [0.717, 1.165) is 49.9 Å². The van der Waals surface area contributed by atoms with Gasteiger partial charge in [0.15, 0.2) is 5.75 Å². The minimum Gasteiger partial charge on any atom is -0.504 e. The molecule has 1 aromatic heterocycles. The van der Waals surface area contributed by atoms with E-state index in [9.17, 15) is 5.11 Å². The Morgan fingerprint density at radius 2 is 1.61 bits per heavy atom. The molecule has 0 aliphatic rings. The van der Waals surface area contributed by atoms with E-state index in [-0.39, 0.29) is 5.54 Å². The van der Waals surface area contributed by atoms with E-state index in [0.29, 0.717) is 5.75 Å². The predicted molar refractivity (Wildman–Crippen MR) is 76.1 cm³/mol. The Balaban J connectivity index is 3.06. The Morgan fingerprint density at radius 3 is 2.11 bits per heavy atom. The number of aromatic hydroxyl groups is 1. The van der Waals surface area contributed by atoms with Crippen molar-refractivity contribution in [1.29, 1.82) is 0 Å². The van der Waals surface area contributed by atoms with Crippen molar-refractivity contribution in [2.45, 2.75) is 78.7 Å². The van der Waals surface area contributed by atoms with Gasteiger partial charge in [0.25, 0.3) is 0 Å². The highest BCUT2D eigenvalue weighted by molar-refractivity contribution is 5.33. The standard InChI is InChI=1S/C15H28N2O/c1-6-8-10-12-14(18)13(11-9-7-2)17(16-12)15(3,4)5/h18H,6-11H2,1-5H3. The Morgan fingerprint density at radius 1 is 1.06 bits per heavy atom. The van der Waals surface area contributed by atoms with Crippen LogP contribution in [0.4, 0.5) is 0 Å². The highest BCUT2D eigenvalue weighted by atomic mass is 16.3. The zero-order chi connectivity index (χ0) is 13.8. The third-order valence-corrected chi connectivity index (χ3v) is 3.19. The zero-order valence-corrected chi connectivity index (χ0v) is 12.6. The quantitative estimate of drug-likeness (QED) is 0.830. The summed E-state index contributed by atoms with van der Waals surface area (Å²) >= 11 is 0. The van der Waals surface area contributed by atoms with Crippen LogP contribution in [0.2, 0.25) is 0 Å². The molecule has 0 saturated carbocycles. The molecular weight excluding hydrogens is 224 g/mol. The summed E-state index contributed by atoms with van der Waals surface area (Å²) in [4.78, 5) is 0. The molecule has 0 aliphatic heterocycles. The summed E-state index contributed by atoms with van der Waals surface area (Å²) in [6, 6.07) is 0. The van der Waals surface area contributed by atoms with Crippen molar-refractivity contribution in [1.82, 2.24) is 9.78 Å². The molecule has 0 fully saturated rings. The number of nitrogens with zero attached hydrogens (tertiary/aromatic N) is 2. The summed E-state index contributed by atoms with van der Waals surface area (Å²) in [5.74, 6) is 0.437. The van der Waals surface area contributed by atoms with Crippen molar-refractivity contribution < 1.29 is 5.11 Å². The average molecular weight is 252 g/mol. The van der Waals surface area contributed by atoms with Crippen LogP contribution in [0, 0.1) is 0 Å². The van der Waals surface area contributed by atoms with Crippen LogP contribution >= 0.6 is 0 Å². The molecule has 0 unspecified atom stereocenters. The number of aryl methyl sites for hydroxylation is 1. The summed E-state index contributed by atoms with van der Waals surface area (Å²) in [6.07, 6.45) is 6.25. The van der Waals surface area contributed by atoms with Crippen molar-refractivity contribution in [3.05, 3.63) is 11.4 Å². The van der Waals surface area contributed by atoms with Gasteiger partial charge < -0.3 is 5.11 Å². The first-order valence-electron chi connectivity index (χ1n) is 7.22. The molecule has 104 valence electrons. The Hall–Kier alpha value is -0.990. The molecule has 0 amide bonds. The highest BCUT2D eigenvalue weighted by Crippen LogP contribution is 2.29. The third kappa shape index (κ3) is 3.50. The number of aromatic nitrogens is 2. The van der Waals surface area contributed by atoms with Crippen molar-refractivity contribution in [3.8, 4) is 5.75 Å². The maximum absolute atomic E-state index is 10.3. The van der Waals surface area contributed by atoms with Crippen molar-refractivity contribution in [2.75, 3.05) is 0 Å². The van der Waals surface area contributed by atoms with E-state index < -0.39 is 0 Å².